The Kier molecular flexibility index (Phi) is 8.90. The number of benzene rings is 1. The van der Waals surface area contributed by atoms with Crippen molar-refractivity contribution in [3.63, 3.8) is 0 Å². The van der Waals surface area contributed by atoms with E-state index in [0.29, 0.717) is 17.4 Å². The lowest BCUT2D eigenvalue weighted by Crippen LogP contribution is -2.44. The molecule has 0 radical (unpaired) electrons. The largest absolute Gasteiger partial charge is 0.356 e. The lowest BCUT2D eigenvalue weighted by molar-refractivity contribution is 0.210. The summed E-state index contributed by atoms with van der Waals surface area (Å²) in [7, 11) is 3.83. The van der Waals surface area contributed by atoms with Gasteiger partial charge >= 0.3 is 0 Å². The molecule has 0 aromatic heterocycles. The third-order valence-electron chi connectivity index (χ3n) is 4.29. The van der Waals surface area contributed by atoms with E-state index < -0.39 is 11.6 Å². The normalized spacial score (nSPS) is 20.2. The molecule has 24 heavy (non-hydrogen) atoms. The summed E-state index contributed by atoms with van der Waals surface area (Å²) in [4.78, 5) is 6.52. The standard InChI is InChI=1S/C17H26F2N4.HI/c1-12(15-7-6-14(18)9-16(15)19)22-17(20-2)21-10-13-5-4-8-23(3)11-13;/h6-7,9,12-13H,4-5,8,10-11H2,1-3H3,(H2,20,21,22);1H. The van der Waals surface area contributed by atoms with Crippen LogP contribution in [0.1, 0.15) is 31.4 Å². The van der Waals surface area contributed by atoms with Gasteiger partial charge in [0.15, 0.2) is 5.96 Å². The van der Waals surface area contributed by atoms with E-state index in [4.69, 9.17) is 0 Å². The molecule has 2 unspecified atom stereocenters. The zero-order chi connectivity index (χ0) is 16.8. The number of likely N-dealkylation sites (tertiary alicyclic amines) is 1. The Hall–Kier alpha value is -0.960. The first-order valence-electron chi connectivity index (χ1n) is 8.10. The number of aliphatic imine (C=N–C) groups is 1. The summed E-state index contributed by atoms with van der Waals surface area (Å²) < 4.78 is 26.8. The van der Waals surface area contributed by atoms with Gasteiger partial charge < -0.3 is 15.5 Å². The third-order valence-corrected chi connectivity index (χ3v) is 4.29. The Labute approximate surface area is 160 Å². The maximum absolute atomic E-state index is 13.8. The van der Waals surface area contributed by atoms with Gasteiger partial charge in [-0.1, -0.05) is 6.07 Å². The van der Waals surface area contributed by atoms with Crippen molar-refractivity contribution in [1.29, 1.82) is 0 Å². The zero-order valence-corrected chi connectivity index (χ0v) is 16.8. The predicted molar refractivity (Wildman–Crippen MR) is 105 cm³/mol. The molecule has 1 aromatic rings. The number of nitrogens with zero attached hydrogens (tertiary/aromatic N) is 2. The van der Waals surface area contributed by atoms with E-state index >= 15 is 0 Å². The monoisotopic (exact) mass is 452 g/mol. The molecule has 1 heterocycles. The summed E-state index contributed by atoms with van der Waals surface area (Å²) in [5.74, 6) is 0.108. The van der Waals surface area contributed by atoms with Gasteiger partial charge in [0.05, 0.1) is 6.04 Å². The second-order valence-electron chi connectivity index (χ2n) is 6.26. The van der Waals surface area contributed by atoms with E-state index in [9.17, 15) is 8.78 Å². The smallest absolute Gasteiger partial charge is 0.191 e. The molecule has 2 N–H and O–H groups in total. The number of rotatable bonds is 4. The molecule has 1 aromatic carbocycles. The maximum atomic E-state index is 13.8. The average molecular weight is 452 g/mol. The highest BCUT2D eigenvalue weighted by Gasteiger charge is 2.18. The number of nitrogens with one attached hydrogen (secondary N) is 2. The average Bonchev–Trinajstić information content (AvgIpc) is 2.51. The molecule has 2 rings (SSSR count). The quantitative estimate of drug-likeness (QED) is 0.419. The molecule has 0 spiro atoms. The van der Waals surface area contributed by atoms with Gasteiger partial charge in [0.2, 0.25) is 0 Å². The zero-order valence-electron chi connectivity index (χ0n) is 14.5. The molecular weight excluding hydrogens is 425 g/mol. The Morgan fingerprint density at radius 2 is 2.17 bits per heavy atom. The molecule has 2 atom stereocenters. The molecular formula is C17H27F2IN4. The van der Waals surface area contributed by atoms with Crippen LogP contribution in [0.5, 0.6) is 0 Å². The highest BCUT2D eigenvalue weighted by molar-refractivity contribution is 14.0. The minimum Gasteiger partial charge on any atom is -0.356 e. The van der Waals surface area contributed by atoms with Crippen LogP contribution < -0.4 is 10.6 Å². The first-order chi connectivity index (χ1) is 11.0. The van der Waals surface area contributed by atoms with Gasteiger partial charge in [-0.05, 0) is 45.3 Å². The van der Waals surface area contributed by atoms with Crippen molar-refractivity contribution in [2.75, 3.05) is 33.7 Å². The van der Waals surface area contributed by atoms with Crippen LogP contribution in [-0.2, 0) is 0 Å². The number of piperidine rings is 1. The van der Waals surface area contributed by atoms with E-state index in [1.165, 1.54) is 25.0 Å². The number of hydrogen-bond donors (Lipinski definition) is 2. The van der Waals surface area contributed by atoms with Crippen LogP contribution in [0.25, 0.3) is 0 Å². The fourth-order valence-corrected chi connectivity index (χ4v) is 3.01. The molecule has 4 nitrogen and oxygen atoms in total. The van der Waals surface area contributed by atoms with Gasteiger partial charge in [-0.15, -0.1) is 24.0 Å². The van der Waals surface area contributed by atoms with E-state index in [1.54, 1.807) is 7.05 Å². The summed E-state index contributed by atoms with van der Waals surface area (Å²) in [5.41, 5.74) is 0.423. The lowest BCUT2D eigenvalue weighted by Gasteiger charge is -2.30. The van der Waals surface area contributed by atoms with Gasteiger partial charge in [-0.3, -0.25) is 4.99 Å². The fourth-order valence-electron chi connectivity index (χ4n) is 3.01. The van der Waals surface area contributed by atoms with E-state index in [1.807, 2.05) is 6.92 Å². The lowest BCUT2D eigenvalue weighted by atomic mass is 9.98. The van der Waals surface area contributed by atoms with Crippen molar-refractivity contribution < 1.29 is 8.78 Å². The van der Waals surface area contributed by atoms with Gasteiger partial charge in [0.1, 0.15) is 11.6 Å². The number of halogens is 3. The molecule has 1 saturated heterocycles. The summed E-state index contributed by atoms with van der Waals surface area (Å²) in [6, 6.07) is 3.34. The van der Waals surface area contributed by atoms with Gasteiger partial charge in [-0.25, -0.2) is 8.78 Å². The van der Waals surface area contributed by atoms with Crippen molar-refractivity contribution in [3.05, 3.63) is 35.4 Å². The SMILES string of the molecule is CN=C(NCC1CCCN(C)C1)NC(C)c1ccc(F)cc1F.I. The van der Waals surface area contributed by atoms with Crippen molar-refractivity contribution in [3.8, 4) is 0 Å². The molecule has 7 heteroatoms. The molecule has 1 aliphatic rings. The Balaban J connectivity index is 0.00000288. The second-order valence-corrected chi connectivity index (χ2v) is 6.26. The Morgan fingerprint density at radius 3 is 2.79 bits per heavy atom. The minimum absolute atomic E-state index is 0. The van der Waals surface area contributed by atoms with Gasteiger partial charge in [0.25, 0.3) is 0 Å². The molecule has 0 saturated carbocycles. The van der Waals surface area contributed by atoms with E-state index in [-0.39, 0.29) is 30.0 Å². The summed E-state index contributed by atoms with van der Waals surface area (Å²) in [6.07, 6.45) is 2.42. The Bertz CT molecular complexity index is 553. The van der Waals surface area contributed by atoms with Gasteiger partial charge in [0, 0.05) is 31.8 Å². The molecule has 0 bridgehead atoms. The molecule has 1 fully saturated rings. The number of guanidine groups is 1. The van der Waals surface area contributed by atoms with Crippen LogP contribution in [-0.4, -0.2) is 44.6 Å². The van der Waals surface area contributed by atoms with Crippen LogP contribution in [0.3, 0.4) is 0 Å². The molecule has 0 aliphatic carbocycles. The fraction of sp³-hybridized carbons (Fsp3) is 0.588. The first kappa shape index (κ1) is 21.1. The molecule has 1 aliphatic heterocycles. The van der Waals surface area contributed by atoms with Crippen molar-refractivity contribution in [1.82, 2.24) is 15.5 Å². The van der Waals surface area contributed by atoms with Crippen molar-refractivity contribution in [2.45, 2.75) is 25.8 Å². The van der Waals surface area contributed by atoms with Crippen LogP contribution in [0.2, 0.25) is 0 Å². The van der Waals surface area contributed by atoms with Crippen molar-refractivity contribution in [2.24, 2.45) is 10.9 Å². The first-order valence-corrected chi connectivity index (χ1v) is 8.10. The molecule has 136 valence electrons. The molecule has 0 amide bonds. The van der Waals surface area contributed by atoms with Crippen LogP contribution in [0, 0.1) is 17.6 Å². The van der Waals surface area contributed by atoms with Crippen LogP contribution in [0.15, 0.2) is 23.2 Å². The minimum atomic E-state index is -0.567. The third kappa shape index (κ3) is 6.16. The summed E-state index contributed by atoms with van der Waals surface area (Å²) in [6.45, 7) is 4.90. The highest BCUT2D eigenvalue weighted by Crippen LogP contribution is 2.18. The summed E-state index contributed by atoms with van der Waals surface area (Å²) in [5, 5.41) is 6.46. The topological polar surface area (TPSA) is 39.7 Å². The maximum Gasteiger partial charge on any atom is 0.191 e. The van der Waals surface area contributed by atoms with Crippen molar-refractivity contribution >= 4 is 29.9 Å². The second kappa shape index (κ2) is 10.1. The van der Waals surface area contributed by atoms with Gasteiger partial charge in [-0.2, -0.15) is 0 Å². The highest BCUT2D eigenvalue weighted by atomic mass is 127. The van der Waals surface area contributed by atoms with E-state index in [0.717, 1.165) is 25.7 Å². The van der Waals surface area contributed by atoms with Crippen LogP contribution in [0.4, 0.5) is 8.78 Å². The number of hydrogen-bond acceptors (Lipinski definition) is 2. The summed E-state index contributed by atoms with van der Waals surface area (Å²) >= 11 is 0. The van der Waals surface area contributed by atoms with E-state index in [2.05, 4.69) is 27.6 Å². The predicted octanol–water partition coefficient (Wildman–Crippen LogP) is 3.15. The van der Waals surface area contributed by atoms with Crippen LogP contribution >= 0.6 is 24.0 Å². The Morgan fingerprint density at radius 1 is 1.42 bits per heavy atom.